The highest BCUT2D eigenvalue weighted by Crippen LogP contribution is 2.35. The third kappa shape index (κ3) is 7.63. The number of allylic oxidation sites excluding steroid dienone is 5. The van der Waals surface area contributed by atoms with Gasteiger partial charge in [0.2, 0.25) is 5.91 Å². The summed E-state index contributed by atoms with van der Waals surface area (Å²) in [6.07, 6.45) is 10.9. The number of hydrogen-bond donors (Lipinski definition) is 4. The van der Waals surface area contributed by atoms with E-state index in [1.165, 1.54) is 12.1 Å². The number of benzene rings is 2. The molecule has 0 unspecified atom stereocenters. The molecule has 0 saturated heterocycles. The van der Waals surface area contributed by atoms with E-state index in [0.29, 0.717) is 74.8 Å². The van der Waals surface area contributed by atoms with Crippen molar-refractivity contribution in [2.24, 2.45) is 0 Å². The minimum absolute atomic E-state index is 0.0894. The molecule has 0 aliphatic heterocycles. The number of aromatic amines is 2. The van der Waals surface area contributed by atoms with Crippen LogP contribution < -0.4 is 10.6 Å². The topological polar surface area (TPSA) is 115 Å². The number of unbranched alkanes of at least 4 members (excludes halogenated alkanes) is 1. The van der Waals surface area contributed by atoms with Gasteiger partial charge in [0.05, 0.1) is 22.1 Å². The Bertz CT molecular complexity index is 1990. The molecule has 0 bridgehead atoms. The van der Waals surface area contributed by atoms with Gasteiger partial charge >= 0.3 is 0 Å². The number of pyridine rings is 1. The molecular formula is C36H40F2N8O. The molecule has 11 heteroatoms. The second-order valence-electron chi connectivity index (χ2n) is 11.5. The average molecular weight is 639 g/mol. The summed E-state index contributed by atoms with van der Waals surface area (Å²) in [7, 11) is 3.95. The molecule has 5 rings (SSSR count). The highest BCUT2D eigenvalue weighted by atomic mass is 19.1. The lowest BCUT2D eigenvalue weighted by atomic mass is 10.0. The van der Waals surface area contributed by atoms with Gasteiger partial charge < -0.3 is 20.5 Å². The van der Waals surface area contributed by atoms with Crippen molar-refractivity contribution in [1.82, 2.24) is 35.4 Å². The van der Waals surface area contributed by atoms with Gasteiger partial charge in [-0.2, -0.15) is 5.10 Å². The molecule has 0 aliphatic carbocycles. The number of imidazole rings is 1. The summed E-state index contributed by atoms with van der Waals surface area (Å²) < 4.78 is 31.2. The Morgan fingerprint density at radius 1 is 1.06 bits per heavy atom. The molecule has 1 amide bonds. The molecule has 0 aliphatic rings. The maximum absolute atomic E-state index is 16.5. The van der Waals surface area contributed by atoms with Gasteiger partial charge in [-0.1, -0.05) is 25.5 Å². The lowest BCUT2D eigenvalue weighted by Crippen LogP contribution is -2.21. The van der Waals surface area contributed by atoms with E-state index >= 15 is 4.39 Å². The maximum Gasteiger partial charge on any atom is 0.224 e. The van der Waals surface area contributed by atoms with Crippen molar-refractivity contribution in [1.29, 1.82) is 0 Å². The van der Waals surface area contributed by atoms with E-state index in [0.717, 1.165) is 19.4 Å². The lowest BCUT2D eigenvalue weighted by Gasteiger charge is -2.12. The fourth-order valence-electron chi connectivity index (χ4n) is 5.33. The summed E-state index contributed by atoms with van der Waals surface area (Å²) in [5, 5.41) is 13.8. The van der Waals surface area contributed by atoms with E-state index in [9.17, 15) is 9.18 Å². The molecule has 4 N–H and O–H groups in total. The molecule has 0 fully saturated rings. The minimum atomic E-state index is -0.481. The van der Waals surface area contributed by atoms with E-state index in [1.54, 1.807) is 42.6 Å². The fourth-order valence-corrected chi connectivity index (χ4v) is 5.33. The van der Waals surface area contributed by atoms with E-state index in [1.807, 2.05) is 51.9 Å². The summed E-state index contributed by atoms with van der Waals surface area (Å²) >= 11 is 0. The van der Waals surface area contributed by atoms with Crippen molar-refractivity contribution in [3.8, 4) is 22.8 Å². The summed E-state index contributed by atoms with van der Waals surface area (Å²) in [4.78, 5) is 27.1. The molecule has 0 radical (unpaired) electrons. The van der Waals surface area contributed by atoms with Crippen LogP contribution in [0.4, 0.5) is 14.5 Å². The van der Waals surface area contributed by atoms with Crippen LogP contribution in [-0.2, 0) is 4.79 Å². The molecule has 0 saturated carbocycles. The number of carbonyl (C=O) groups is 1. The van der Waals surface area contributed by atoms with Gasteiger partial charge in [0.25, 0.3) is 0 Å². The summed E-state index contributed by atoms with van der Waals surface area (Å²) in [6.45, 7) is 7.15. The van der Waals surface area contributed by atoms with Crippen molar-refractivity contribution in [3.63, 3.8) is 0 Å². The molecule has 2 aromatic carbocycles. The van der Waals surface area contributed by atoms with E-state index in [2.05, 4.69) is 30.8 Å². The number of anilines is 1. The van der Waals surface area contributed by atoms with Crippen LogP contribution in [0.3, 0.4) is 0 Å². The van der Waals surface area contributed by atoms with Crippen molar-refractivity contribution in [3.05, 3.63) is 89.8 Å². The second-order valence-corrected chi connectivity index (χ2v) is 11.5. The van der Waals surface area contributed by atoms with Gasteiger partial charge in [-0.3, -0.25) is 14.9 Å². The third-order valence-electron chi connectivity index (χ3n) is 7.67. The first-order valence-corrected chi connectivity index (χ1v) is 15.7. The number of nitrogens with one attached hydrogen (secondary N) is 4. The number of carbonyl (C=O) groups excluding carboxylic acids is 1. The zero-order valence-electron chi connectivity index (χ0n) is 27.3. The van der Waals surface area contributed by atoms with Crippen LogP contribution >= 0.6 is 0 Å². The van der Waals surface area contributed by atoms with Crippen molar-refractivity contribution < 1.29 is 13.6 Å². The molecule has 0 atom stereocenters. The van der Waals surface area contributed by atoms with Crippen LogP contribution in [0.15, 0.2) is 72.6 Å². The van der Waals surface area contributed by atoms with Crippen molar-refractivity contribution in [2.45, 2.75) is 40.0 Å². The van der Waals surface area contributed by atoms with Gasteiger partial charge in [-0.15, -0.1) is 0 Å². The Hall–Kier alpha value is -5.16. The number of fused-ring (bicyclic) bond motifs is 2. The molecular weight excluding hydrogens is 598 g/mol. The molecule has 9 nitrogen and oxygen atoms in total. The van der Waals surface area contributed by atoms with Crippen LogP contribution in [-0.4, -0.2) is 63.1 Å². The number of nitrogens with zero attached hydrogens (tertiary/aromatic N) is 4. The number of aromatic nitrogens is 5. The van der Waals surface area contributed by atoms with Crippen LogP contribution in [0.25, 0.3) is 50.3 Å². The quantitative estimate of drug-likeness (QED) is 0.0989. The van der Waals surface area contributed by atoms with E-state index in [4.69, 9.17) is 4.98 Å². The number of H-pyrrole nitrogens is 2. The largest absolute Gasteiger partial charge is 0.384 e. The van der Waals surface area contributed by atoms with Crippen LogP contribution in [0.5, 0.6) is 0 Å². The standard InChI is InChI=1S/C36H40F2N8O/c1-6-9-11-30(47)41-25(10-7-2)19-22(8-3)27-12-13-28-31(32(27)38)35(45-44-28)36-42-29-14-15-40-33(34(29)43-36)23-18-24(37)21-26(20-23)39-16-17-46(4)5/h7-8,10,12-15,18-21,39H,6,9,11,16-17H2,1-5H3,(H,41,47)(H,42,43)(H,44,45)/b10-7+,22-8+,25-19+. The smallest absolute Gasteiger partial charge is 0.224 e. The predicted octanol–water partition coefficient (Wildman–Crippen LogP) is 7.59. The average Bonchev–Trinajstić information content (AvgIpc) is 3.67. The number of amides is 1. The normalized spacial score (nSPS) is 12.6. The summed E-state index contributed by atoms with van der Waals surface area (Å²) in [5.41, 5.74) is 5.15. The first-order chi connectivity index (χ1) is 22.7. The molecule has 3 heterocycles. The molecule has 3 aromatic heterocycles. The van der Waals surface area contributed by atoms with Crippen LogP contribution in [0.2, 0.25) is 0 Å². The Morgan fingerprint density at radius 3 is 2.64 bits per heavy atom. The van der Waals surface area contributed by atoms with Gasteiger partial charge in [0.15, 0.2) is 5.82 Å². The maximum atomic E-state index is 16.5. The Morgan fingerprint density at radius 2 is 1.89 bits per heavy atom. The Labute approximate surface area is 272 Å². The van der Waals surface area contributed by atoms with Gasteiger partial charge in [-0.25, -0.2) is 13.8 Å². The summed E-state index contributed by atoms with van der Waals surface area (Å²) in [5.74, 6) is -0.629. The monoisotopic (exact) mass is 638 g/mol. The minimum Gasteiger partial charge on any atom is -0.384 e. The SMILES string of the molecule is C/C=C/C(=C\C(=C/C)c1ccc2[nH]nc(-c3nc4c(-c5cc(F)cc(NCCN(C)C)c5)nccc4[nH]3)c2c1F)NC(=O)CCCC. The second kappa shape index (κ2) is 15.0. The number of hydrogen-bond acceptors (Lipinski definition) is 6. The van der Waals surface area contributed by atoms with Crippen LogP contribution in [0.1, 0.15) is 45.6 Å². The first kappa shape index (κ1) is 33.2. The number of rotatable bonds is 13. The van der Waals surface area contributed by atoms with Gasteiger partial charge in [-0.05, 0) is 88.5 Å². The zero-order valence-corrected chi connectivity index (χ0v) is 27.3. The first-order valence-electron chi connectivity index (χ1n) is 15.7. The van der Waals surface area contributed by atoms with Gasteiger partial charge in [0, 0.05) is 48.2 Å². The molecule has 0 spiro atoms. The lowest BCUT2D eigenvalue weighted by molar-refractivity contribution is -0.120. The third-order valence-corrected chi connectivity index (χ3v) is 7.67. The van der Waals surface area contributed by atoms with Crippen LogP contribution in [0, 0.1) is 11.6 Å². The van der Waals surface area contributed by atoms with Crippen molar-refractivity contribution in [2.75, 3.05) is 32.5 Å². The Kier molecular flexibility index (Phi) is 10.6. The van der Waals surface area contributed by atoms with Gasteiger partial charge in [0.1, 0.15) is 22.8 Å². The Balaban J connectivity index is 1.53. The number of halogens is 2. The highest BCUT2D eigenvalue weighted by molar-refractivity contribution is 5.98. The molecule has 47 heavy (non-hydrogen) atoms. The zero-order chi connectivity index (χ0) is 33.5. The molecule has 5 aromatic rings. The van der Waals surface area contributed by atoms with E-state index < -0.39 is 11.6 Å². The fraction of sp³-hybridized carbons (Fsp3) is 0.278. The van der Waals surface area contributed by atoms with E-state index in [-0.39, 0.29) is 11.3 Å². The number of likely N-dealkylation sites (N-methyl/N-ethyl adjacent to an activating group) is 1. The molecule has 244 valence electrons. The van der Waals surface area contributed by atoms with Crippen molar-refractivity contribution >= 4 is 39.1 Å². The summed E-state index contributed by atoms with van der Waals surface area (Å²) in [6, 6.07) is 9.92. The predicted molar refractivity (Wildman–Crippen MR) is 186 cm³/mol. The highest BCUT2D eigenvalue weighted by Gasteiger charge is 2.21.